The van der Waals surface area contributed by atoms with Gasteiger partial charge < -0.3 is 9.64 Å². The number of carbonyl (C=O) groups excluding carboxylic acids is 1. The van der Waals surface area contributed by atoms with Crippen molar-refractivity contribution in [2.45, 2.75) is 33.6 Å². The van der Waals surface area contributed by atoms with Gasteiger partial charge in [0.1, 0.15) is 6.61 Å². The Bertz CT molecular complexity index is 876. The van der Waals surface area contributed by atoms with Crippen LogP contribution in [0.5, 0.6) is 0 Å². The molecule has 2 rings (SSSR count). The van der Waals surface area contributed by atoms with Gasteiger partial charge in [0.2, 0.25) is 0 Å². The molecule has 0 spiro atoms. The summed E-state index contributed by atoms with van der Waals surface area (Å²) in [5.41, 5.74) is 2.19. The van der Waals surface area contributed by atoms with E-state index in [0.717, 1.165) is 35.5 Å². The van der Waals surface area contributed by atoms with Crippen LogP contribution < -0.4 is 0 Å². The fourth-order valence-corrected chi connectivity index (χ4v) is 2.47. The number of esters is 1. The van der Waals surface area contributed by atoms with Crippen molar-refractivity contribution < 1.29 is 22.7 Å². The molecule has 0 saturated heterocycles. The van der Waals surface area contributed by atoms with E-state index in [4.69, 9.17) is 4.74 Å². The van der Waals surface area contributed by atoms with E-state index >= 15 is 0 Å². The number of hydrogen-bond donors (Lipinski definition) is 0. The van der Waals surface area contributed by atoms with Gasteiger partial charge in [-0.2, -0.15) is 13.2 Å². The number of ether oxygens (including phenoxy) is 1. The molecule has 28 heavy (non-hydrogen) atoms. The van der Waals surface area contributed by atoms with E-state index in [0.29, 0.717) is 5.56 Å². The average Bonchev–Trinajstić information content (AvgIpc) is 2.66. The highest BCUT2D eigenvalue weighted by molar-refractivity contribution is 5.92. The molecule has 0 N–H and O–H groups in total. The molecular formula is C21H23F3N2O2. The maximum Gasteiger partial charge on any atom is 0.416 e. The van der Waals surface area contributed by atoms with Crippen molar-refractivity contribution >= 4 is 18.0 Å². The van der Waals surface area contributed by atoms with E-state index in [9.17, 15) is 18.0 Å². The summed E-state index contributed by atoms with van der Waals surface area (Å²) >= 11 is 0. The lowest BCUT2D eigenvalue weighted by Gasteiger charge is -2.13. The van der Waals surface area contributed by atoms with Crippen LogP contribution in [0.2, 0.25) is 0 Å². The second kappa shape index (κ2) is 8.91. The van der Waals surface area contributed by atoms with Crippen LogP contribution in [-0.4, -0.2) is 30.8 Å². The molecule has 2 aromatic rings. The third-order valence-corrected chi connectivity index (χ3v) is 4.50. The monoisotopic (exact) mass is 392 g/mol. The van der Waals surface area contributed by atoms with Crippen LogP contribution in [0, 0.1) is 13.8 Å². The first-order valence-corrected chi connectivity index (χ1v) is 8.81. The molecule has 0 aliphatic rings. The molecule has 0 unspecified atom stereocenters. The number of benzene rings is 2. The topological polar surface area (TPSA) is 41.9 Å². The van der Waals surface area contributed by atoms with Crippen molar-refractivity contribution in [3.8, 4) is 0 Å². The van der Waals surface area contributed by atoms with Crippen molar-refractivity contribution in [3.05, 3.63) is 64.2 Å². The Kier molecular flexibility index (Phi) is 6.83. The van der Waals surface area contributed by atoms with Gasteiger partial charge in [0.15, 0.2) is 0 Å². The zero-order valence-electron chi connectivity index (χ0n) is 16.3. The molecule has 7 heteroatoms. The largest absolute Gasteiger partial charge is 0.457 e. The van der Waals surface area contributed by atoms with Crippen LogP contribution in [-0.2, 0) is 17.5 Å². The van der Waals surface area contributed by atoms with Crippen molar-refractivity contribution in [2.24, 2.45) is 4.99 Å². The van der Waals surface area contributed by atoms with Crippen LogP contribution in [0.1, 0.15) is 39.5 Å². The number of halogens is 3. The molecule has 0 bridgehead atoms. The molecular weight excluding hydrogens is 369 g/mol. The highest BCUT2D eigenvalue weighted by Gasteiger charge is 2.30. The molecule has 0 aliphatic carbocycles. The van der Waals surface area contributed by atoms with Gasteiger partial charge >= 0.3 is 12.1 Å². The van der Waals surface area contributed by atoms with Crippen LogP contribution >= 0.6 is 0 Å². The van der Waals surface area contributed by atoms with Crippen LogP contribution in [0.4, 0.5) is 18.9 Å². The number of hydrogen-bond acceptors (Lipinski definition) is 3. The third-order valence-electron chi connectivity index (χ3n) is 4.50. The van der Waals surface area contributed by atoms with Crippen molar-refractivity contribution in [1.29, 1.82) is 0 Å². The second-order valence-corrected chi connectivity index (χ2v) is 6.47. The van der Waals surface area contributed by atoms with E-state index in [1.54, 1.807) is 25.4 Å². The Labute approximate surface area is 162 Å². The van der Waals surface area contributed by atoms with Gasteiger partial charge in [0, 0.05) is 13.6 Å². The first-order valence-electron chi connectivity index (χ1n) is 8.81. The summed E-state index contributed by atoms with van der Waals surface area (Å²) in [6.07, 6.45) is -2.72. The average molecular weight is 392 g/mol. The lowest BCUT2D eigenvalue weighted by Crippen LogP contribution is -2.14. The first-order chi connectivity index (χ1) is 13.1. The highest BCUT2D eigenvalue weighted by Crippen LogP contribution is 2.30. The lowest BCUT2D eigenvalue weighted by molar-refractivity contribution is -0.137. The standard InChI is InChI=1S/C21H23F3N2O2/c1-5-26(4)13-25-19-10-9-18(14(2)15(19)3)20(27)28-12-16-7-6-8-17(11-16)21(22,23)24/h6-11,13H,5,12H2,1-4H3/b25-13+. The maximum absolute atomic E-state index is 12.8. The molecule has 4 nitrogen and oxygen atoms in total. The quantitative estimate of drug-likeness (QED) is 0.381. The van der Waals surface area contributed by atoms with Gasteiger partial charge in [-0.3, -0.25) is 0 Å². The molecule has 0 aliphatic heterocycles. The summed E-state index contributed by atoms with van der Waals surface area (Å²) in [4.78, 5) is 18.7. The van der Waals surface area contributed by atoms with Crippen LogP contribution in [0.3, 0.4) is 0 Å². The molecule has 2 aromatic carbocycles. The molecule has 150 valence electrons. The molecule has 0 amide bonds. The minimum Gasteiger partial charge on any atom is -0.457 e. The number of rotatable bonds is 6. The van der Waals surface area contributed by atoms with Crippen LogP contribution in [0.25, 0.3) is 0 Å². The van der Waals surface area contributed by atoms with Gasteiger partial charge in [-0.15, -0.1) is 0 Å². The molecule has 0 fully saturated rings. The van der Waals surface area contributed by atoms with Gasteiger partial charge in [-0.1, -0.05) is 12.1 Å². The number of alkyl halides is 3. The Morgan fingerprint density at radius 2 is 1.89 bits per heavy atom. The second-order valence-electron chi connectivity index (χ2n) is 6.47. The minimum absolute atomic E-state index is 0.234. The fraction of sp³-hybridized carbons (Fsp3) is 0.333. The molecule has 0 saturated carbocycles. The SMILES string of the molecule is CCN(C)/C=N/c1ccc(C(=O)OCc2cccc(C(F)(F)F)c2)c(C)c1C. The van der Waals surface area contributed by atoms with E-state index in [2.05, 4.69) is 4.99 Å². The summed E-state index contributed by atoms with van der Waals surface area (Å²) < 4.78 is 43.6. The van der Waals surface area contributed by atoms with Gasteiger partial charge in [0.05, 0.1) is 23.2 Å². The van der Waals surface area contributed by atoms with Gasteiger partial charge in [-0.25, -0.2) is 9.79 Å². The summed E-state index contributed by atoms with van der Waals surface area (Å²) in [6.45, 7) is 6.24. The summed E-state index contributed by atoms with van der Waals surface area (Å²) in [5.74, 6) is -0.584. The van der Waals surface area contributed by atoms with Gasteiger partial charge in [0.25, 0.3) is 0 Å². The van der Waals surface area contributed by atoms with E-state index in [-0.39, 0.29) is 12.2 Å². The normalized spacial score (nSPS) is 11.7. The summed E-state index contributed by atoms with van der Waals surface area (Å²) in [7, 11) is 1.91. The maximum atomic E-state index is 12.8. The minimum atomic E-state index is -4.43. The fourth-order valence-electron chi connectivity index (χ4n) is 2.47. The number of carbonyl (C=O) groups is 1. The van der Waals surface area contributed by atoms with Crippen LogP contribution in [0.15, 0.2) is 41.4 Å². The zero-order chi connectivity index (χ0) is 20.9. The van der Waals surface area contributed by atoms with E-state index in [1.807, 2.05) is 25.8 Å². The molecule has 0 heterocycles. The highest BCUT2D eigenvalue weighted by atomic mass is 19.4. The van der Waals surface area contributed by atoms with Crippen molar-refractivity contribution in [1.82, 2.24) is 4.90 Å². The molecule has 0 aromatic heterocycles. The molecule has 0 atom stereocenters. The third kappa shape index (κ3) is 5.34. The number of nitrogens with zero attached hydrogens (tertiary/aromatic N) is 2. The Balaban J connectivity index is 2.13. The van der Waals surface area contributed by atoms with Crippen molar-refractivity contribution in [2.75, 3.05) is 13.6 Å². The Morgan fingerprint density at radius 1 is 1.18 bits per heavy atom. The van der Waals surface area contributed by atoms with Crippen molar-refractivity contribution in [3.63, 3.8) is 0 Å². The van der Waals surface area contributed by atoms with Gasteiger partial charge in [-0.05, 0) is 61.7 Å². The predicted molar refractivity (Wildman–Crippen MR) is 103 cm³/mol. The Morgan fingerprint density at radius 3 is 2.54 bits per heavy atom. The number of aliphatic imine (C=N–C) groups is 1. The lowest BCUT2D eigenvalue weighted by atomic mass is 10.0. The Hall–Kier alpha value is -2.83. The predicted octanol–water partition coefficient (Wildman–Crippen LogP) is 5.29. The zero-order valence-corrected chi connectivity index (χ0v) is 16.3. The smallest absolute Gasteiger partial charge is 0.416 e. The van der Waals surface area contributed by atoms with E-state index in [1.165, 1.54) is 12.1 Å². The van der Waals surface area contributed by atoms with E-state index < -0.39 is 17.7 Å². The molecule has 0 radical (unpaired) electrons. The summed E-state index contributed by atoms with van der Waals surface area (Å²) in [5, 5.41) is 0. The summed E-state index contributed by atoms with van der Waals surface area (Å²) in [6, 6.07) is 8.09. The first kappa shape index (κ1) is 21.5.